The van der Waals surface area contributed by atoms with Crippen molar-refractivity contribution in [1.82, 2.24) is 14.8 Å². The third kappa shape index (κ3) is 4.21. The number of anilines is 1. The van der Waals surface area contributed by atoms with E-state index in [1.807, 2.05) is 57.2 Å². The molecule has 0 radical (unpaired) electrons. The van der Waals surface area contributed by atoms with Crippen LogP contribution in [0.25, 0.3) is 22.8 Å². The summed E-state index contributed by atoms with van der Waals surface area (Å²) in [5.41, 5.74) is 4.78. The zero-order valence-electron chi connectivity index (χ0n) is 18.4. The molecule has 0 saturated heterocycles. The Labute approximate surface area is 191 Å². The molecule has 0 atom stereocenters. The number of nitriles is 2. The summed E-state index contributed by atoms with van der Waals surface area (Å²) in [7, 11) is 0. The van der Waals surface area contributed by atoms with Gasteiger partial charge in [0.15, 0.2) is 11.6 Å². The number of pyridine rings is 1. The van der Waals surface area contributed by atoms with Crippen molar-refractivity contribution in [2.75, 3.05) is 5.32 Å². The monoisotopic (exact) mass is 432 g/mol. The van der Waals surface area contributed by atoms with Gasteiger partial charge in [0.05, 0.1) is 11.7 Å². The molecule has 0 aliphatic rings. The Morgan fingerprint density at radius 3 is 2.52 bits per heavy atom. The molecule has 4 aromatic rings. The van der Waals surface area contributed by atoms with E-state index in [-0.39, 0.29) is 17.0 Å². The van der Waals surface area contributed by atoms with Crippen molar-refractivity contribution in [1.29, 1.82) is 10.5 Å². The lowest BCUT2D eigenvalue weighted by molar-refractivity contribution is -0.112. The second-order valence-corrected chi connectivity index (χ2v) is 7.74. The zero-order valence-corrected chi connectivity index (χ0v) is 18.4. The normalized spacial score (nSPS) is 11.1. The van der Waals surface area contributed by atoms with Crippen LogP contribution in [0.15, 0.2) is 60.3 Å². The van der Waals surface area contributed by atoms with E-state index in [1.54, 1.807) is 12.1 Å². The molecule has 0 bridgehead atoms. The van der Waals surface area contributed by atoms with Gasteiger partial charge in [-0.3, -0.25) is 4.79 Å². The first-order valence-corrected chi connectivity index (χ1v) is 10.3. The largest absolute Gasteiger partial charge is 0.305 e. The summed E-state index contributed by atoms with van der Waals surface area (Å²) in [6.07, 6.45) is 2.86. The Morgan fingerprint density at radius 2 is 1.82 bits per heavy atom. The molecule has 0 aliphatic carbocycles. The number of hydrogen-bond acceptors (Lipinski definition) is 5. The SMILES string of the molecule is Cc1cc(C)c2nc(-n3ncc(C#N)c3NC(=O)/C(C#N)=C/c3ccccc3)cc(C)c2c1. The van der Waals surface area contributed by atoms with Crippen molar-refractivity contribution in [2.45, 2.75) is 20.8 Å². The highest BCUT2D eigenvalue weighted by Gasteiger charge is 2.19. The minimum Gasteiger partial charge on any atom is -0.305 e. The van der Waals surface area contributed by atoms with Crippen molar-refractivity contribution in [2.24, 2.45) is 0 Å². The van der Waals surface area contributed by atoms with Crippen LogP contribution in [-0.4, -0.2) is 20.7 Å². The van der Waals surface area contributed by atoms with Gasteiger partial charge in [0.1, 0.15) is 23.3 Å². The quantitative estimate of drug-likeness (QED) is 0.369. The summed E-state index contributed by atoms with van der Waals surface area (Å²) in [4.78, 5) is 17.7. The number of hydrogen-bond donors (Lipinski definition) is 1. The van der Waals surface area contributed by atoms with Gasteiger partial charge in [-0.05, 0) is 55.7 Å². The number of nitrogens with one attached hydrogen (secondary N) is 1. The molecule has 2 aromatic carbocycles. The summed E-state index contributed by atoms with van der Waals surface area (Å²) in [5.74, 6) is -0.00838. The van der Waals surface area contributed by atoms with Crippen LogP contribution in [0.5, 0.6) is 0 Å². The number of fused-ring (bicyclic) bond motifs is 1. The lowest BCUT2D eigenvalue weighted by Gasteiger charge is -2.12. The van der Waals surface area contributed by atoms with E-state index in [2.05, 4.69) is 22.5 Å². The van der Waals surface area contributed by atoms with Gasteiger partial charge in [-0.2, -0.15) is 20.3 Å². The van der Waals surface area contributed by atoms with Crippen molar-refractivity contribution >= 4 is 28.7 Å². The second kappa shape index (κ2) is 8.78. The molecule has 0 fully saturated rings. The molecule has 2 heterocycles. The molecule has 160 valence electrons. The number of nitrogens with zero attached hydrogens (tertiary/aromatic N) is 5. The van der Waals surface area contributed by atoms with Gasteiger partial charge in [-0.15, -0.1) is 0 Å². The Bertz CT molecular complexity index is 1500. The summed E-state index contributed by atoms with van der Waals surface area (Å²) < 4.78 is 1.42. The van der Waals surface area contributed by atoms with Crippen molar-refractivity contribution < 1.29 is 4.79 Å². The van der Waals surface area contributed by atoms with E-state index in [9.17, 15) is 15.3 Å². The summed E-state index contributed by atoms with van der Waals surface area (Å²) in [6.45, 7) is 6.01. The Morgan fingerprint density at radius 1 is 1.06 bits per heavy atom. The lowest BCUT2D eigenvalue weighted by atomic mass is 10.0. The Hall–Kier alpha value is -4.75. The Balaban J connectivity index is 1.78. The molecule has 1 N–H and O–H groups in total. The number of amides is 1. The summed E-state index contributed by atoms with van der Waals surface area (Å²) >= 11 is 0. The van der Waals surface area contributed by atoms with Crippen LogP contribution >= 0.6 is 0 Å². The fraction of sp³-hybridized carbons (Fsp3) is 0.115. The second-order valence-electron chi connectivity index (χ2n) is 7.74. The molecular weight excluding hydrogens is 412 g/mol. The van der Waals surface area contributed by atoms with Gasteiger partial charge in [0, 0.05) is 5.39 Å². The predicted molar refractivity (Wildman–Crippen MR) is 126 cm³/mol. The van der Waals surface area contributed by atoms with E-state index < -0.39 is 5.91 Å². The molecule has 7 nitrogen and oxygen atoms in total. The fourth-order valence-corrected chi connectivity index (χ4v) is 3.70. The minimum absolute atomic E-state index is 0.0909. The van der Waals surface area contributed by atoms with Crippen LogP contribution in [-0.2, 0) is 4.79 Å². The minimum atomic E-state index is -0.635. The molecule has 0 spiro atoms. The number of benzene rings is 2. The average Bonchev–Trinajstić information content (AvgIpc) is 3.21. The van der Waals surface area contributed by atoms with Crippen LogP contribution < -0.4 is 5.32 Å². The van der Waals surface area contributed by atoms with Gasteiger partial charge in [-0.25, -0.2) is 4.98 Å². The van der Waals surface area contributed by atoms with Gasteiger partial charge < -0.3 is 5.32 Å². The number of carbonyl (C=O) groups is 1. The van der Waals surface area contributed by atoms with Crippen molar-refractivity contribution in [3.8, 4) is 18.0 Å². The molecule has 4 rings (SSSR count). The average molecular weight is 432 g/mol. The highest BCUT2D eigenvalue weighted by Crippen LogP contribution is 2.26. The number of rotatable bonds is 4. The van der Waals surface area contributed by atoms with Gasteiger partial charge in [0.25, 0.3) is 5.91 Å². The van der Waals surface area contributed by atoms with Crippen LogP contribution in [0.3, 0.4) is 0 Å². The highest BCUT2D eigenvalue weighted by atomic mass is 16.1. The maximum absolute atomic E-state index is 12.9. The number of carbonyl (C=O) groups excluding carboxylic acids is 1. The summed E-state index contributed by atoms with van der Waals surface area (Å²) in [5, 5.41) is 27.1. The molecule has 2 aromatic heterocycles. The number of aryl methyl sites for hydroxylation is 3. The third-order valence-corrected chi connectivity index (χ3v) is 5.26. The van der Waals surface area contributed by atoms with Crippen LogP contribution in [0.4, 0.5) is 5.82 Å². The third-order valence-electron chi connectivity index (χ3n) is 5.26. The van der Waals surface area contributed by atoms with E-state index >= 15 is 0 Å². The zero-order chi connectivity index (χ0) is 23.5. The van der Waals surface area contributed by atoms with Crippen molar-refractivity contribution in [3.63, 3.8) is 0 Å². The molecule has 33 heavy (non-hydrogen) atoms. The van der Waals surface area contributed by atoms with E-state index in [4.69, 9.17) is 4.98 Å². The topological polar surface area (TPSA) is 107 Å². The van der Waals surface area contributed by atoms with Gasteiger partial charge in [-0.1, -0.05) is 42.0 Å². The molecule has 0 aliphatic heterocycles. The molecule has 7 heteroatoms. The standard InChI is InChI=1S/C26H20N6O/c1-16-9-18(3)24-22(10-16)17(2)11-23(30-24)32-25(21(14-28)15-29-32)31-26(33)20(13-27)12-19-7-5-4-6-8-19/h4-12,15H,1-3H3,(H,31,33)/b20-12+. The first kappa shape index (κ1) is 21.5. The van der Waals surface area contributed by atoms with E-state index in [0.29, 0.717) is 5.82 Å². The highest BCUT2D eigenvalue weighted by molar-refractivity contribution is 6.09. The molecule has 0 saturated carbocycles. The first-order chi connectivity index (χ1) is 15.9. The summed E-state index contributed by atoms with van der Waals surface area (Å²) in [6, 6.07) is 19.0. The molecule has 0 unspecified atom stereocenters. The maximum atomic E-state index is 12.9. The molecular formula is C26H20N6O. The van der Waals surface area contributed by atoms with Crippen molar-refractivity contribution in [3.05, 3.63) is 88.1 Å². The predicted octanol–water partition coefficient (Wildman–Crippen LogP) is 4.76. The fourth-order valence-electron chi connectivity index (χ4n) is 3.70. The first-order valence-electron chi connectivity index (χ1n) is 10.3. The van der Waals surface area contributed by atoms with Crippen LogP contribution in [0, 0.1) is 43.4 Å². The lowest BCUT2D eigenvalue weighted by Crippen LogP contribution is -2.17. The van der Waals surface area contributed by atoms with Crippen LogP contribution in [0.1, 0.15) is 27.8 Å². The van der Waals surface area contributed by atoms with E-state index in [0.717, 1.165) is 33.2 Å². The van der Waals surface area contributed by atoms with Crippen LogP contribution in [0.2, 0.25) is 0 Å². The van der Waals surface area contributed by atoms with E-state index in [1.165, 1.54) is 17.0 Å². The number of aromatic nitrogens is 3. The molecule has 1 amide bonds. The smallest absolute Gasteiger partial charge is 0.267 e. The Kier molecular flexibility index (Phi) is 5.71. The van der Waals surface area contributed by atoms with Gasteiger partial charge >= 0.3 is 0 Å². The maximum Gasteiger partial charge on any atom is 0.267 e. The van der Waals surface area contributed by atoms with Gasteiger partial charge in [0.2, 0.25) is 0 Å².